The summed E-state index contributed by atoms with van der Waals surface area (Å²) < 4.78 is 5.55. The number of oxazole rings is 1. The van der Waals surface area contributed by atoms with E-state index in [1.54, 1.807) is 0 Å². The third-order valence-electron chi connectivity index (χ3n) is 3.46. The van der Waals surface area contributed by atoms with Crippen LogP contribution in [0.3, 0.4) is 0 Å². The smallest absolute Gasteiger partial charge is 0.192 e. The van der Waals surface area contributed by atoms with Gasteiger partial charge in [0, 0.05) is 26.1 Å². The molecular weight excluding hydrogens is 238 g/mol. The fraction of sp³-hybridized carbons (Fsp3) is 0.533. The Morgan fingerprint density at radius 1 is 1.26 bits per heavy atom. The van der Waals surface area contributed by atoms with E-state index in [9.17, 15) is 0 Å². The molecule has 1 fully saturated rings. The lowest BCUT2D eigenvalue weighted by Crippen LogP contribution is -2.29. The zero-order valence-electron chi connectivity index (χ0n) is 11.4. The predicted octanol–water partition coefficient (Wildman–Crippen LogP) is 2.02. The van der Waals surface area contributed by atoms with Crippen LogP contribution in [0.4, 0.5) is 0 Å². The quantitative estimate of drug-likeness (QED) is 0.747. The van der Waals surface area contributed by atoms with Gasteiger partial charge in [-0.25, -0.2) is 4.98 Å². The van der Waals surface area contributed by atoms with Gasteiger partial charge in [0.2, 0.25) is 0 Å². The van der Waals surface area contributed by atoms with Gasteiger partial charge in [-0.15, -0.1) is 0 Å². The Morgan fingerprint density at radius 3 is 3.00 bits per heavy atom. The second kappa shape index (κ2) is 5.72. The maximum absolute atomic E-state index is 5.55. The molecule has 1 aromatic heterocycles. The van der Waals surface area contributed by atoms with E-state index in [1.165, 1.54) is 18.4 Å². The van der Waals surface area contributed by atoms with E-state index in [-0.39, 0.29) is 0 Å². The van der Waals surface area contributed by atoms with Crippen LogP contribution in [0.25, 0.3) is 11.1 Å². The monoisotopic (exact) mass is 259 g/mol. The van der Waals surface area contributed by atoms with Gasteiger partial charge in [-0.1, -0.05) is 6.07 Å². The molecule has 19 heavy (non-hydrogen) atoms. The van der Waals surface area contributed by atoms with Crippen LogP contribution in [0.5, 0.6) is 0 Å². The van der Waals surface area contributed by atoms with Gasteiger partial charge < -0.3 is 15.1 Å². The van der Waals surface area contributed by atoms with Gasteiger partial charge in [0.05, 0.1) is 0 Å². The third-order valence-corrected chi connectivity index (χ3v) is 3.46. The molecule has 0 atom stereocenters. The number of hydrogen-bond donors (Lipinski definition) is 2. The van der Waals surface area contributed by atoms with Crippen LogP contribution in [0.15, 0.2) is 22.6 Å². The molecule has 1 aliphatic carbocycles. The van der Waals surface area contributed by atoms with Crippen molar-refractivity contribution in [2.75, 3.05) is 19.6 Å². The predicted molar refractivity (Wildman–Crippen MR) is 76.3 cm³/mol. The fourth-order valence-electron chi connectivity index (χ4n) is 2.25. The molecule has 0 spiro atoms. The molecular formula is C15H21N3O. The minimum Gasteiger partial charge on any atom is -0.441 e. The second-order valence-electron chi connectivity index (χ2n) is 5.26. The lowest BCUT2D eigenvalue weighted by Gasteiger charge is -2.05. The van der Waals surface area contributed by atoms with Crippen molar-refractivity contribution in [3.63, 3.8) is 0 Å². The summed E-state index contributed by atoms with van der Waals surface area (Å²) >= 11 is 0. The first-order valence-corrected chi connectivity index (χ1v) is 7.11. The lowest BCUT2D eigenvalue weighted by atomic mass is 10.1. The van der Waals surface area contributed by atoms with Crippen molar-refractivity contribution >= 4 is 11.1 Å². The zero-order valence-corrected chi connectivity index (χ0v) is 11.4. The number of nitrogens with one attached hydrogen (secondary N) is 2. The highest BCUT2D eigenvalue weighted by molar-refractivity contribution is 5.73. The Hall–Kier alpha value is -1.39. The second-order valence-corrected chi connectivity index (χ2v) is 5.26. The average Bonchev–Trinajstić information content (AvgIpc) is 3.14. The summed E-state index contributed by atoms with van der Waals surface area (Å²) in [5.41, 5.74) is 3.14. The maximum Gasteiger partial charge on any atom is 0.192 e. The first kappa shape index (κ1) is 12.6. The van der Waals surface area contributed by atoms with Crippen molar-refractivity contribution in [1.82, 2.24) is 15.6 Å². The van der Waals surface area contributed by atoms with Crippen molar-refractivity contribution in [2.24, 2.45) is 0 Å². The Labute approximate surface area is 113 Å². The highest BCUT2D eigenvalue weighted by Gasteiger charge is 2.19. The van der Waals surface area contributed by atoms with Gasteiger partial charge in [0.25, 0.3) is 0 Å². The van der Waals surface area contributed by atoms with Crippen molar-refractivity contribution in [2.45, 2.75) is 32.2 Å². The topological polar surface area (TPSA) is 50.1 Å². The third kappa shape index (κ3) is 3.55. The lowest BCUT2D eigenvalue weighted by molar-refractivity contribution is 0.560. The zero-order chi connectivity index (χ0) is 13.1. The molecule has 102 valence electrons. The van der Waals surface area contributed by atoms with Crippen LogP contribution in [0, 0.1) is 6.92 Å². The Balaban J connectivity index is 1.42. The van der Waals surface area contributed by atoms with Crippen LogP contribution >= 0.6 is 0 Å². The van der Waals surface area contributed by atoms with Gasteiger partial charge in [0.1, 0.15) is 5.52 Å². The van der Waals surface area contributed by atoms with Gasteiger partial charge in [-0.2, -0.15) is 0 Å². The summed E-state index contributed by atoms with van der Waals surface area (Å²) in [5.74, 6) is 0.733. The van der Waals surface area contributed by atoms with Gasteiger partial charge in [0.15, 0.2) is 11.5 Å². The number of rotatable bonds is 7. The minimum atomic E-state index is 0.733. The molecule has 4 nitrogen and oxygen atoms in total. The molecule has 1 saturated carbocycles. The molecule has 0 aliphatic heterocycles. The molecule has 4 heteroatoms. The number of aryl methyl sites for hydroxylation is 1. The Morgan fingerprint density at radius 2 is 2.16 bits per heavy atom. The summed E-state index contributed by atoms with van der Waals surface area (Å²) in [5, 5.41) is 6.96. The molecule has 0 saturated heterocycles. The summed E-state index contributed by atoms with van der Waals surface area (Å²) in [6, 6.07) is 7.07. The molecule has 0 amide bonds. The van der Waals surface area contributed by atoms with Gasteiger partial charge in [-0.05, 0) is 43.5 Å². The molecule has 1 aromatic carbocycles. The SMILES string of the molecule is Cc1nc2ccc(CCNCCNC3CC3)cc2o1. The van der Waals surface area contributed by atoms with E-state index in [1.807, 2.05) is 13.0 Å². The number of benzene rings is 1. The summed E-state index contributed by atoms with van der Waals surface area (Å²) in [7, 11) is 0. The van der Waals surface area contributed by atoms with E-state index in [4.69, 9.17) is 4.42 Å². The standard InChI is InChI=1S/C15H21N3O/c1-11-18-14-5-2-12(10-15(14)19-11)6-7-16-8-9-17-13-3-4-13/h2,5,10,13,16-17H,3-4,6-9H2,1H3. The number of nitrogens with zero attached hydrogens (tertiary/aromatic N) is 1. The van der Waals surface area contributed by atoms with E-state index < -0.39 is 0 Å². The molecule has 1 aliphatic rings. The summed E-state index contributed by atoms with van der Waals surface area (Å²) in [6.07, 6.45) is 3.74. The number of aromatic nitrogens is 1. The molecule has 0 bridgehead atoms. The van der Waals surface area contributed by atoms with E-state index in [0.29, 0.717) is 0 Å². The molecule has 0 radical (unpaired) electrons. The highest BCUT2D eigenvalue weighted by Crippen LogP contribution is 2.18. The largest absolute Gasteiger partial charge is 0.441 e. The van der Waals surface area contributed by atoms with Crippen LogP contribution in [-0.4, -0.2) is 30.7 Å². The minimum absolute atomic E-state index is 0.733. The summed E-state index contributed by atoms with van der Waals surface area (Å²) in [4.78, 5) is 4.31. The average molecular weight is 259 g/mol. The van der Waals surface area contributed by atoms with E-state index in [2.05, 4.69) is 27.8 Å². The molecule has 1 heterocycles. The van der Waals surface area contributed by atoms with Gasteiger partial charge >= 0.3 is 0 Å². The molecule has 0 unspecified atom stereocenters. The summed E-state index contributed by atoms with van der Waals surface area (Å²) in [6.45, 7) is 5.00. The van der Waals surface area contributed by atoms with Crippen molar-refractivity contribution in [3.05, 3.63) is 29.7 Å². The first-order valence-electron chi connectivity index (χ1n) is 7.11. The number of fused-ring (bicyclic) bond motifs is 1. The maximum atomic E-state index is 5.55. The normalized spacial score (nSPS) is 15.2. The van der Waals surface area contributed by atoms with Crippen LogP contribution in [0.2, 0.25) is 0 Å². The first-order chi connectivity index (χ1) is 9.31. The van der Waals surface area contributed by atoms with Crippen LogP contribution in [-0.2, 0) is 6.42 Å². The molecule has 3 rings (SSSR count). The van der Waals surface area contributed by atoms with Crippen molar-refractivity contribution in [1.29, 1.82) is 0 Å². The van der Waals surface area contributed by atoms with Crippen LogP contribution < -0.4 is 10.6 Å². The number of hydrogen-bond acceptors (Lipinski definition) is 4. The van der Waals surface area contributed by atoms with E-state index in [0.717, 1.165) is 49.1 Å². The fourth-order valence-corrected chi connectivity index (χ4v) is 2.25. The van der Waals surface area contributed by atoms with Gasteiger partial charge in [-0.3, -0.25) is 0 Å². The van der Waals surface area contributed by atoms with Crippen LogP contribution in [0.1, 0.15) is 24.3 Å². The highest BCUT2D eigenvalue weighted by atomic mass is 16.3. The molecule has 2 N–H and O–H groups in total. The Kier molecular flexibility index (Phi) is 3.80. The molecule has 2 aromatic rings. The van der Waals surface area contributed by atoms with Crippen molar-refractivity contribution in [3.8, 4) is 0 Å². The van der Waals surface area contributed by atoms with E-state index >= 15 is 0 Å². The van der Waals surface area contributed by atoms with Crippen molar-refractivity contribution < 1.29 is 4.42 Å². The Bertz CT molecular complexity index is 545.